The van der Waals surface area contributed by atoms with E-state index < -0.39 is 0 Å². The molecule has 0 fully saturated rings. The van der Waals surface area contributed by atoms with Crippen molar-refractivity contribution in [2.75, 3.05) is 32.6 Å². The Labute approximate surface area is 119 Å². The van der Waals surface area contributed by atoms with Gasteiger partial charge in [0.15, 0.2) is 0 Å². The molecule has 0 amide bonds. The Kier molecular flexibility index (Phi) is 6.41. The Morgan fingerprint density at radius 1 is 1.45 bits per heavy atom. The highest BCUT2D eigenvalue weighted by Crippen LogP contribution is 2.25. The van der Waals surface area contributed by atoms with Gasteiger partial charge in [-0.3, -0.25) is 15.0 Å². The van der Waals surface area contributed by atoms with E-state index in [1.807, 2.05) is 6.07 Å². The second kappa shape index (κ2) is 7.81. The first-order valence-electron chi connectivity index (χ1n) is 6.67. The lowest BCUT2D eigenvalue weighted by Crippen LogP contribution is -2.33. The predicted molar refractivity (Wildman–Crippen MR) is 80.1 cm³/mol. The SMILES string of the molecule is CNc1ccc(CN(CCOC)C(C)C)cc1[N+](=O)[O-]. The Morgan fingerprint density at radius 3 is 2.65 bits per heavy atom. The Morgan fingerprint density at radius 2 is 2.15 bits per heavy atom. The molecule has 0 unspecified atom stereocenters. The van der Waals surface area contributed by atoms with E-state index >= 15 is 0 Å². The number of hydrogen-bond acceptors (Lipinski definition) is 5. The summed E-state index contributed by atoms with van der Waals surface area (Å²) < 4.78 is 5.10. The van der Waals surface area contributed by atoms with Crippen LogP contribution in [0.15, 0.2) is 18.2 Å². The number of ether oxygens (including phenoxy) is 1. The van der Waals surface area contributed by atoms with Gasteiger partial charge in [-0.2, -0.15) is 0 Å². The van der Waals surface area contributed by atoms with E-state index in [0.717, 1.165) is 12.1 Å². The number of methoxy groups -OCH3 is 1. The third-order valence-corrected chi connectivity index (χ3v) is 3.23. The van der Waals surface area contributed by atoms with Crippen LogP contribution in [0.4, 0.5) is 11.4 Å². The Hall–Kier alpha value is -1.66. The van der Waals surface area contributed by atoms with Crippen molar-refractivity contribution in [3.8, 4) is 0 Å². The van der Waals surface area contributed by atoms with Gasteiger partial charge >= 0.3 is 0 Å². The average molecular weight is 281 g/mol. The van der Waals surface area contributed by atoms with E-state index in [9.17, 15) is 10.1 Å². The first kappa shape index (κ1) is 16.4. The molecule has 0 bridgehead atoms. The van der Waals surface area contributed by atoms with Crippen molar-refractivity contribution in [3.63, 3.8) is 0 Å². The largest absolute Gasteiger partial charge is 0.383 e. The fourth-order valence-corrected chi connectivity index (χ4v) is 2.00. The number of anilines is 1. The zero-order valence-corrected chi connectivity index (χ0v) is 12.5. The van der Waals surface area contributed by atoms with E-state index in [1.165, 1.54) is 0 Å². The van der Waals surface area contributed by atoms with Gasteiger partial charge in [0.1, 0.15) is 5.69 Å². The van der Waals surface area contributed by atoms with Crippen LogP contribution in [-0.4, -0.2) is 43.2 Å². The molecule has 20 heavy (non-hydrogen) atoms. The summed E-state index contributed by atoms with van der Waals surface area (Å²) in [6, 6.07) is 5.66. The van der Waals surface area contributed by atoms with Gasteiger partial charge in [0, 0.05) is 39.4 Å². The number of nitrogens with one attached hydrogen (secondary N) is 1. The van der Waals surface area contributed by atoms with Gasteiger partial charge in [0.2, 0.25) is 0 Å². The highest BCUT2D eigenvalue weighted by Gasteiger charge is 2.16. The van der Waals surface area contributed by atoms with Crippen LogP contribution >= 0.6 is 0 Å². The summed E-state index contributed by atoms with van der Waals surface area (Å²) in [6.07, 6.45) is 0. The molecule has 0 radical (unpaired) electrons. The molecule has 0 spiro atoms. The van der Waals surface area contributed by atoms with Crippen molar-refractivity contribution in [2.45, 2.75) is 26.4 Å². The van der Waals surface area contributed by atoms with Crippen molar-refractivity contribution in [2.24, 2.45) is 0 Å². The van der Waals surface area contributed by atoms with Crippen molar-refractivity contribution in [1.29, 1.82) is 0 Å². The van der Waals surface area contributed by atoms with Crippen molar-refractivity contribution in [1.82, 2.24) is 4.90 Å². The Bertz CT molecular complexity index is 449. The van der Waals surface area contributed by atoms with Gasteiger partial charge in [-0.15, -0.1) is 0 Å². The lowest BCUT2D eigenvalue weighted by Gasteiger charge is -2.26. The molecule has 0 aromatic heterocycles. The first-order valence-corrected chi connectivity index (χ1v) is 6.67. The van der Waals surface area contributed by atoms with E-state index in [1.54, 1.807) is 26.3 Å². The monoisotopic (exact) mass is 281 g/mol. The van der Waals surface area contributed by atoms with Gasteiger partial charge in [-0.25, -0.2) is 0 Å². The number of nitrogens with zero attached hydrogens (tertiary/aromatic N) is 2. The molecule has 0 aliphatic carbocycles. The highest BCUT2D eigenvalue weighted by molar-refractivity contribution is 5.62. The number of benzene rings is 1. The van der Waals surface area contributed by atoms with Crippen LogP contribution in [0.1, 0.15) is 19.4 Å². The molecule has 1 N–H and O–H groups in total. The summed E-state index contributed by atoms with van der Waals surface area (Å²) >= 11 is 0. The summed E-state index contributed by atoms with van der Waals surface area (Å²) in [7, 11) is 3.35. The molecular weight excluding hydrogens is 258 g/mol. The standard InChI is InChI=1S/C14H23N3O3/c1-11(2)16(7-8-20-4)10-12-5-6-13(15-3)14(9-12)17(18)19/h5-6,9,11,15H,7-8,10H2,1-4H3. The molecule has 6 nitrogen and oxygen atoms in total. The van der Waals surface area contributed by atoms with E-state index in [-0.39, 0.29) is 10.6 Å². The van der Waals surface area contributed by atoms with Gasteiger partial charge in [-0.05, 0) is 25.5 Å². The first-order chi connectivity index (χ1) is 9.49. The van der Waals surface area contributed by atoms with Crippen molar-refractivity contribution in [3.05, 3.63) is 33.9 Å². The van der Waals surface area contributed by atoms with Gasteiger partial charge in [-0.1, -0.05) is 6.07 Å². The summed E-state index contributed by atoms with van der Waals surface area (Å²) in [5.74, 6) is 0. The predicted octanol–water partition coefficient (Wildman–Crippen LogP) is 2.49. The van der Waals surface area contributed by atoms with Crippen molar-refractivity contribution >= 4 is 11.4 Å². The quantitative estimate of drug-likeness (QED) is 0.585. The molecule has 112 valence electrons. The third-order valence-electron chi connectivity index (χ3n) is 3.23. The highest BCUT2D eigenvalue weighted by atomic mass is 16.6. The molecule has 0 saturated carbocycles. The molecule has 6 heteroatoms. The van der Waals surface area contributed by atoms with Crippen LogP contribution in [-0.2, 0) is 11.3 Å². The number of rotatable bonds is 8. The molecule has 0 saturated heterocycles. The molecular formula is C14H23N3O3. The molecule has 1 rings (SSSR count). The van der Waals surface area contributed by atoms with Gasteiger partial charge in [0.25, 0.3) is 5.69 Å². The normalized spacial score (nSPS) is 11.1. The summed E-state index contributed by atoms with van der Waals surface area (Å²) in [4.78, 5) is 12.9. The van der Waals surface area contributed by atoms with E-state index in [0.29, 0.717) is 24.9 Å². The van der Waals surface area contributed by atoms with Crippen LogP contribution < -0.4 is 5.32 Å². The van der Waals surface area contributed by atoms with Crippen LogP contribution in [0.2, 0.25) is 0 Å². The minimum atomic E-state index is -0.357. The summed E-state index contributed by atoms with van der Waals surface area (Å²) in [5.41, 5.74) is 1.58. The lowest BCUT2D eigenvalue weighted by atomic mass is 10.1. The van der Waals surface area contributed by atoms with Crippen LogP contribution in [0.3, 0.4) is 0 Å². The molecule has 1 aromatic rings. The Balaban J connectivity index is 2.90. The average Bonchev–Trinajstić information content (AvgIpc) is 2.42. The number of nitro benzene ring substituents is 1. The summed E-state index contributed by atoms with van der Waals surface area (Å²) in [6.45, 7) is 6.33. The van der Waals surface area contributed by atoms with Crippen LogP contribution in [0, 0.1) is 10.1 Å². The second-order valence-electron chi connectivity index (χ2n) is 4.92. The molecule has 0 heterocycles. The number of hydrogen-bond donors (Lipinski definition) is 1. The molecule has 1 aromatic carbocycles. The minimum Gasteiger partial charge on any atom is -0.383 e. The molecule has 0 atom stereocenters. The molecule has 0 aliphatic heterocycles. The zero-order valence-electron chi connectivity index (χ0n) is 12.5. The zero-order chi connectivity index (χ0) is 15.1. The van der Waals surface area contributed by atoms with Crippen LogP contribution in [0.5, 0.6) is 0 Å². The van der Waals surface area contributed by atoms with E-state index in [4.69, 9.17) is 4.74 Å². The maximum absolute atomic E-state index is 11.1. The van der Waals surface area contributed by atoms with Gasteiger partial charge in [0.05, 0.1) is 11.5 Å². The molecule has 0 aliphatic rings. The van der Waals surface area contributed by atoms with Crippen LogP contribution in [0.25, 0.3) is 0 Å². The van der Waals surface area contributed by atoms with Gasteiger partial charge < -0.3 is 10.1 Å². The topological polar surface area (TPSA) is 67.6 Å². The maximum Gasteiger partial charge on any atom is 0.292 e. The van der Waals surface area contributed by atoms with Crippen molar-refractivity contribution < 1.29 is 9.66 Å². The minimum absolute atomic E-state index is 0.112. The fraction of sp³-hybridized carbons (Fsp3) is 0.571. The second-order valence-corrected chi connectivity index (χ2v) is 4.92. The third kappa shape index (κ3) is 4.47. The van der Waals surface area contributed by atoms with E-state index in [2.05, 4.69) is 24.1 Å². The maximum atomic E-state index is 11.1. The smallest absolute Gasteiger partial charge is 0.292 e. The summed E-state index contributed by atoms with van der Waals surface area (Å²) in [5, 5.41) is 13.9. The number of nitro groups is 1. The lowest BCUT2D eigenvalue weighted by molar-refractivity contribution is -0.384. The fourth-order valence-electron chi connectivity index (χ4n) is 2.00.